The van der Waals surface area contributed by atoms with Crippen LogP contribution in [0.15, 0.2) is 36.4 Å². The lowest BCUT2D eigenvalue weighted by Gasteiger charge is -2.42. The van der Waals surface area contributed by atoms with Crippen molar-refractivity contribution in [3.8, 4) is 0 Å². The molecular weight excluding hydrogens is 605 g/mol. The number of esters is 1. The summed E-state index contributed by atoms with van der Waals surface area (Å²) >= 11 is 0. The van der Waals surface area contributed by atoms with Gasteiger partial charge in [-0.2, -0.15) is 0 Å². The molecule has 0 heterocycles. The van der Waals surface area contributed by atoms with Crippen LogP contribution >= 0.6 is 0 Å². The maximum atomic E-state index is 11.7. The van der Waals surface area contributed by atoms with Crippen LogP contribution in [0.1, 0.15) is 110 Å². The van der Waals surface area contributed by atoms with Crippen molar-refractivity contribution in [3.05, 3.63) is 47.5 Å². The molecule has 1 saturated carbocycles. The van der Waals surface area contributed by atoms with Gasteiger partial charge in [0.15, 0.2) is 16.6 Å². The fourth-order valence-electron chi connectivity index (χ4n) is 6.96. The Morgan fingerprint density at radius 1 is 0.891 bits per heavy atom. The molecule has 0 aromatic heterocycles. The zero-order valence-electron chi connectivity index (χ0n) is 31.3. The minimum atomic E-state index is -2.10. The summed E-state index contributed by atoms with van der Waals surface area (Å²) in [5.74, 6) is 0.613. The molecule has 5 unspecified atom stereocenters. The molecule has 5 nitrogen and oxygen atoms in total. The van der Waals surface area contributed by atoms with E-state index in [0.717, 1.165) is 38.5 Å². The maximum Gasteiger partial charge on any atom is 0.305 e. The number of methoxy groups -OCH3 is 1. The Balaban J connectivity index is 2.08. The van der Waals surface area contributed by atoms with E-state index in [2.05, 4.69) is 111 Å². The van der Waals surface area contributed by atoms with Gasteiger partial charge in [0.25, 0.3) is 0 Å². The van der Waals surface area contributed by atoms with Gasteiger partial charge in [0.2, 0.25) is 0 Å². The Morgan fingerprint density at radius 3 is 2.07 bits per heavy atom. The summed E-state index contributed by atoms with van der Waals surface area (Å²) in [7, 11) is -2.70. The fourth-order valence-corrected chi connectivity index (χ4v) is 9.71. The van der Waals surface area contributed by atoms with Crippen molar-refractivity contribution >= 4 is 33.4 Å². The third-order valence-corrected chi connectivity index (χ3v) is 20.7. The average molecular weight is 671 g/mol. The molecule has 0 bridgehead atoms. The van der Waals surface area contributed by atoms with Crippen LogP contribution in [0, 0.1) is 18.8 Å². The van der Waals surface area contributed by atoms with Crippen molar-refractivity contribution in [1.82, 2.24) is 0 Å². The first-order valence-corrected chi connectivity index (χ1v) is 23.7. The molecule has 7 heteroatoms. The van der Waals surface area contributed by atoms with Crippen LogP contribution in [0.3, 0.4) is 0 Å². The Hall–Kier alpha value is -1.52. The third kappa shape index (κ3) is 9.55. The summed E-state index contributed by atoms with van der Waals surface area (Å²) in [6.07, 6.45) is 7.43. The summed E-state index contributed by atoms with van der Waals surface area (Å²) < 4.78 is 19.7. The van der Waals surface area contributed by atoms with Gasteiger partial charge in [-0.15, -0.1) is 0 Å². The molecule has 2 aromatic carbocycles. The van der Waals surface area contributed by atoms with E-state index in [0.29, 0.717) is 18.8 Å². The predicted molar refractivity (Wildman–Crippen MR) is 199 cm³/mol. The van der Waals surface area contributed by atoms with Crippen LogP contribution in [0.25, 0.3) is 10.8 Å². The molecule has 260 valence electrons. The summed E-state index contributed by atoms with van der Waals surface area (Å²) in [6, 6.07) is 13.4. The number of aryl methyl sites for hydroxylation is 1. The summed E-state index contributed by atoms with van der Waals surface area (Å²) in [5.41, 5.74) is 2.60. The van der Waals surface area contributed by atoms with E-state index >= 15 is 0 Å². The molecule has 0 radical (unpaired) electrons. The standard InChI is InChI=1S/C39H66O5Si2/c1-28-25-30(26-29-19-17-18-20-31(28)29)32(23-24-40)37-33(21-15-13-14-16-22-36(41)42-8)34(43-45(9,10)38(2,3)4)27-35(37)44-46(11,12)39(5,6)7/h17-20,25-26,32-35,37,40H,13-16,21-24,27H2,1-12H3. The number of rotatable bonds is 15. The van der Waals surface area contributed by atoms with Gasteiger partial charge >= 0.3 is 5.97 Å². The number of carbonyl (C=O) groups excluding carboxylic acids is 1. The molecule has 1 aliphatic carbocycles. The number of aliphatic hydroxyl groups is 1. The number of carbonyl (C=O) groups is 1. The Labute approximate surface area is 283 Å². The minimum absolute atomic E-state index is 0.0725. The van der Waals surface area contributed by atoms with Crippen LogP contribution < -0.4 is 0 Å². The van der Waals surface area contributed by atoms with Gasteiger partial charge in [0, 0.05) is 13.0 Å². The number of hydrogen-bond acceptors (Lipinski definition) is 5. The van der Waals surface area contributed by atoms with Crippen LogP contribution in [0.4, 0.5) is 0 Å². The lowest BCUT2D eigenvalue weighted by molar-refractivity contribution is -0.140. The molecule has 3 rings (SSSR count). The SMILES string of the molecule is COC(=O)CCCCCCC1C(O[Si](C)(C)C(C)(C)C)CC(O[Si](C)(C)C(C)(C)C)C1C(CCO)c1cc(C)c2ccccc2c1. The molecule has 0 spiro atoms. The smallest absolute Gasteiger partial charge is 0.305 e. The van der Waals surface area contributed by atoms with Crippen molar-refractivity contribution < 1.29 is 23.5 Å². The highest BCUT2D eigenvalue weighted by molar-refractivity contribution is 6.74. The molecule has 1 fully saturated rings. The summed E-state index contributed by atoms with van der Waals surface area (Å²) in [6.45, 7) is 25.9. The molecule has 0 aliphatic heterocycles. The number of fused-ring (bicyclic) bond motifs is 1. The predicted octanol–water partition coefficient (Wildman–Crippen LogP) is 10.5. The molecule has 5 atom stereocenters. The zero-order valence-corrected chi connectivity index (χ0v) is 33.3. The number of ether oxygens (including phenoxy) is 1. The monoisotopic (exact) mass is 670 g/mol. The minimum Gasteiger partial charge on any atom is -0.469 e. The Kier molecular flexibility index (Phi) is 13.4. The summed E-state index contributed by atoms with van der Waals surface area (Å²) in [4.78, 5) is 11.7. The zero-order chi connectivity index (χ0) is 34.5. The second-order valence-corrected chi connectivity index (χ2v) is 26.5. The Bertz CT molecular complexity index is 1280. The van der Waals surface area contributed by atoms with E-state index in [-0.39, 0.29) is 46.7 Å². The number of unbranched alkanes of at least 4 members (excludes halogenated alkanes) is 3. The third-order valence-electron chi connectivity index (χ3n) is 11.7. The highest BCUT2D eigenvalue weighted by Gasteiger charge is 2.53. The van der Waals surface area contributed by atoms with Gasteiger partial charge in [-0.1, -0.05) is 97.2 Å². The first kappa shape index (κ1) is 38.9. The molecule has 1 N–H and O–H groups in total. The van der Waals surface area contributed by atoms with Gasteiger partial charge in [-0.25, -0.2) is 0 Å². The lowest BCUT2D eigenvalue weighted by atomic mass is 9.74. The van der Waals surface area contributed by atoms with Gasteiger partial charge in [0.05, 0.1) is 19.3 Å². The number of benzene rings is 2. The number of hydrogen-bond donors (Lipinski definition) is 1. The first-order chi connectivity index (χ1) is 21.3. The molecule has 1 aliphatic rings. The van der Waals surface area contributed by atoms with Crippen molar-refractivity contribution in [2.75, 3.05) is 13.7 Å². The van der Waals surface area contributed by atoms with E-state index in [1.807, 2.05) is 0 Å². The topological polar surface area (TPSA) is 65.0 Å². The van der Waals surface area contributed by atoms with Crippen LogP contribution in [0.5, 0.6) is 0 Å². The van der Waals surface area contributed by atoms with E-state index in [4.69, 9.17) is 13.6 Å². The summed E-state index contributed by atoms with van der Waals surface area (Å²) in [5, 5.41) is 13.3. The van der Waals surface area contributed by atoms with E-state index in [1.165, 1.54) is 29.0 Å². The second-order valence-electron chi connectivity index (χ2n) is 17.0. The van der Waals surface area contributed by atoms with Gasteiger partial charge < -0.3 is 18.7 Å². The molecule has 0 amide bonds. The van der Waals surface area contributed by atoms with Crippen LogP contribution in [-0.2, 0) is 18.4 Å². The maximum absolute atomic E-state index is 11.7. The molecular formula is C39H66O5Si2. The first-order valence-electron chi connectivity index (χ1n) is 17.9. The molecule has 46 heavy (non-hydrogen) atoms. The highest BCUT2D eigenvalue weighted by atomic mass is 28.4. The second kappa shape index (κ2) is 15.8. The fraction of sp³-hybridized carbons (Fsp3) is 0.718. The van der Waals surface area contributed by atoms with Crippen molar-refractivity contribution in [1.29, 1.82) is 0 Å². The highest BCUT2D eigenvalue weighted by Crippen LogP contribution is 2.52. The van der Waals surface area contributed by atoms with Gasteiger partial charge in [-0.05, 0) is 109 Å². The van der Waals surface area contributed by atoms with Crippen molar-refractivity contribution in [3.63, 3.8) is 0 Å². The molecule has 0 saturated heterocycles. The van der Waals surface area contributed by atoms with Crippen molar-refractivity contribution in [2.24, 2.45) is 11.8 Å². The van der Waals surface area contributed by atoms with Gasteiger partial charge in [0.1, 0.15) is 0 Å². The van der Waals surface area contributed by atoms with E-state index in [1.54, 1.807) is 0 Å². The Morgan fingerprint density at radius 2 is 1.48 bits per heavy atom. The largest absolute Gasteiger partial charge is 0.469 e. The quantitative estimate of drug-likeness (QED) is 0.116. The molecule has 2 aromatic rings. The van der Waals surface area contributed by atoms with Gasteiger partial charge in [-0.3, -0.25) is 4.79 Å². The van der Waals surface area contributed by atoms with Crippen molar-refractivity contribution in [2.45, 2.75) is 154 Å². The lowest BCUT2D eigenvalue weighted by Crippen LogP contribution is -2.46. The van der Waals surface area contributed by atoms with E-state index in [9.17, 15) is 9.90 Å². The normalized spacial score (nSPS) is 21.9. The average Bonchev–Trinajstić information content (AvgIpc) is 3.26. The van der Waals surface area contributed by atoms with E-state index < -0.39 is 16.6 Å². The van der Waals surface area contributed by atoms with Crippen LogP contribution in [0.2, 0.25) is 36.3 Å². The number of aliphatic hydroxyl groups excluding tert-OH is 1. The van der Waals surface area contributed by atoms with Crippen LogP contribution in [-0.4, -0.2) is 53.6 Å².